The van der Waals surface area contributed by atoms with Crippen molar-refractivity contribution in [1.82, 2.24) is 10.2 Å². The summed E-state index contributed by atoms with van der Waals surface area (Å²) in [4.78, 5) is 12.3. The molecular formula is C20H21N3O2S. The van der Waals surface area contributed by atoms with Crippen molar-refractivity contribution in [2.24, 2.45) is 0 Å². The number of thioether (sulfide) groups is 1. The van der Waals surface area contributed by atoms with E-state index in [4.69, 9.17) is 4.42 Å². The minimum atomic E-state index is -0.0886. The molecule has 0 radical (unpaired) electrons. The molecule has 134 valence electrons. The van der Waals surface area contributed by atoms with Crippen LogP contribution in [-0.2, 0) is 11.2 Å². The zero-order valence-electron chi connectivity index (χ0n) is 15.1. The van der Waals surface area contributed by atoms with E-state index < -0.39 is 0 Å². The highest BCUT2D eigenvalue weighted by molar-refractivity contribution is 7.99. The summed E-state index contributed by atoms with van der Waals surface area (Å²) >= 11 is 1.23. The Morgan fingerprint density at radius 2 is 1.96 bits per heavy atom. The largest absolute Gasteiger partial charge is 0.411 e. The number of carbonyl (C=O) groups excluding carboxylic acids is 1. The lowest BCUT2D eigenvalue weighted by Gasteiger charge is -2.12. The summed E-state index contributed by atoms with van der Waals surface area (Å²) in [7, 11) is 0. The summed E-state index contributed by atoms with van der Waals surface area (Å²) in [5.74, 6) is 0.588. The molecule has 6 heteroatoms. The van der Waals surface area contributed by atoms with Gasteiger partial charge in [-0.3, -0.25) is 4.79 Å². The number of hydrogen-bond acceptors (Lipinski definition) is 5. The number of aryl methyl sites for hydroxylation is 3. The van der Waals surface area contributed by atoms with Gasteiger partial charge >= 0.3 is 0 Å². The second-order valence-corrected chi connectivity index (χ2v) is 6.97. The fourth-order valence-electron chi connectivity index (χ4n) is 2.67. The Morgan fingerprint density at radius 3 is 2.73 bits per heavy atom. The van der Waals surface area contributed by atoms with E-state index in [9.17, 15) is 4.79 Å². The molecule has 1 heterocycles. The fourth-order valence-corrected chi connectivity index (χ4v) is 3.23. The molecule has 1 N–H and O–H groups in total. The molecule has 0 spiro atoms. The van der Waals surface area contributed by atoms with Gasteiger partial charge in [-0.25, -0.2) is 0 Å². The minimum Gasteiger partial charge on any atom is -0.411 e. The van der Waals surface area contributed by atoms with Gasteiger partial charge in [0, 0.05) is 11.3 Å². The molecule has 3 aromatic rings. The Morgan fingerprint density at radius 1 is 1.15 bits per heavy atom. The van der Waals surface area contributed by atoms with Gasteiger partial charge in [0.1, 0.15) is 0 Å². The SMILES string of the molecule is CCc1cccc(C)c1NC(=O)CSc1nnc(-c2cccc(C)c2)o1. The van der Waals surface area contributed by atoms with Crippen LogP contribution < -0.4 is 5.32 Å². The summed E-state index contributed by atoms with van der Waals surface area (Å²) < 4.78 is 5.65. The van der Waals surface area contributed by atoms with E-state index in [1.165, 1.54) is 11.8 Å². The first-order valence-corrected chi connectivity index (χ1v) is 9.47. The predicted molar refractivity (Wildman–Crippen MR) is 104 cm³/mol. The van der Waals surface area contributed by atoms with Gasteiger partial charge in [-0.15, -0.1) is 10.2 Å². The van der Waals surface area contributed by atoms with Gasteiger partial charge in [-0.2, -0.15) is 0 Å². The quantitative estimate of drug-likeness (QED) is 0.643. The molecule has 1 amide bonds. The monoisotopic (exact) mass is 367 g/mol. The van der Waals surface area contributed by atoms with Gasteiger partial charge in [0.05, 0.1) is 5.75 Å². The van der Waals surface area contributed by atoms with Crippen molar-refractivity contribution >= 4 is 23.4 Å². The molecule has 0 unspecified atom stereocenters. The predicted octanol–water partition coefficient (Wildman–Crippen LogP) is 4.65. The molecule has 2 aromatic carbocycles. The van der Waals surface area contributed by atoms with Crippen LogP contribution in [0.15, 0.2) is 52.1 Å². The third-order valence-electron chi connectivity index (χ3n) is 4.00. The van der Waals surface area contributed by atoms with Gasteiger partial charge in [0.25, 0.3) is 5.22 Å². The average molecular weight is 367 g/mol. The Kier molecular flexibility index (Phi) is 5.73. The molecule has 26 heavy (non-hydrogen) atoms. The summed E-state index contributed by atoms with van der Waals surface area (Å²) in [5.41, 5.74) is 5.08. The molecule has 1 aromatic heterocycles. The highest BCUT2D eigenvalue weighted by Crippen LogP contribution is 2.25. The summed E-state index contributed by atoms with van der Waals surface area (Å²) in [6, 6.07) is 13.9. The van der Waals surface area contributed by atoms with Gasteiger partial charge in [-0.1, -0.05) is 54.6 Å². The number of aromatic nitrogens is 2. The van der Waals surface area contributed by atoms with Crippen molar-refractivity contribution in [1.29, 1.82) is 0 Å². The number of para-hydroxylation sites is 1. The van der Waals surface area contributed by atoms with Crippen LogP contribution in [0.4, 0.5) is 5.69 Å². The van der Waals surface area contributed by atoms with Crippen molar-refractivity contribution in [3.8, 4) is 11.5 Å². The van der Waals surface area contributed by atoms with E-state index in [0.717, 1.165) is 34.4 Å². The van der Waals surface area contributed by atoms with Gasteiger partial charge in [0.15, 0.2) is 0 Å². The second-order valence-electron chi connectivity index (χ2n) is 6.04. The molecule has 5 nitrogen and oxygen atoms in total. The lowest BCUT2D eigenvalue weighted by molar-refractivity contribution is -0.113. The van der Waals surface area contributed by atoms with E-state index in [2.05, 4.69) is 22.4 Å². The van der Waals surface area contributed by atoms with Crippen molar-refractivity contribution in [3.05, 3.63) is 59.2 Å². The molecular weight excluding hydrogens is 346 g/mol. The molecule has 0 saturated carbocycles. The van der Waals surface area contributed by atoms with Gasteiger partial charge in [0.2, 0.25) is 11.8 Å². The number of anilines is 1. The summed E-state index contributed by atoms with van der Waals surface area (Å²) in [6.07, 6.45) is 0.869. The number of nitrogens with zero attached hydrogens (tertiary/aromatic N) is 2. The molecule has 0 aliphatic carbocycles. The lowest BCUT2D eigenvalue weighted by atomic mass is 10.1. The van der Waals surface area contributed by atoms with Crippen molar-refractivity contribution in [3.63, 3.8) is 0 Å². The minimum absolute atomic E-state index is 0.0886. The van der Waals surface area contributed by atoms with Crippen LogP contribution in [0.3, 0.4) is 0 Å². The Hall–Kier alpha value is -2.60. The van der Waals surface area contributed by atoms with Crippen LogP contribution in [0.2, 0.25) is 0 Å². The Balaban J connectivity index is 1.62. The molecule has 0 atom stereocenters. The zero-order chi connectivity index (χ0) is 18.5. The van der Waals surface area contributed by atoms with Crippen LogP contribution in [0.25, 0.3) is 11.5 Å². The van der Waals surface area contributed by atoms with Crippen molar-refractivity contribution in [2.45, 2.75) is 32.4 Å². The molecule has 0 saturated heterocycles. The highest BCUT2D eigenvalue weighted by Gasteiger charge is 2.13. The van der Waals surface area contributed by atoms with Crippen LogP contribution in [0, 0.1) is 13.8 Å². The Bertz CT molecular complexity index is 921. The average Bonchev–Trinajstić information content (AvgIpc) is 3.11. The molecule has 0 aliphatic rings. The zero-order valence-corrected chi connectivity index (χ0v) is 15.9. The van der Waals surface area contributed by atoms with Crippen LogP contribution in [0.5, 0.6) is 0 Å². The Labute approximate surface area is 157 Å². The number of nitrogens with one attached hydrogen (secondary N) is 1. The first kappa shape index (κ1) is 18.2. The van der Waals surface area contributed by atoms with Crippen LogP contribution in [-0.4, -0.2) is 21.9 Å². The summed E-state index contributed by atoms with van der Waals surface area (Å²) in [6.45, 7) is 6.08. The first-order valence-electron chi connectivity index (χ1n) is 8.48. The van der Waals surface area contributed by atoms with E-state index in [-0.39, 0.29) is 11.7 Å². The molecule has 0 aliphatic heterocycles. The topological polar surface area (TPSA) is 68.0 Å². The van der Waals surface area contributed by atoms with Crippen molar-refractivity contribution in [2.75, 3.05) is 11.1 Å². The number of rotatable bonds is 6. The number of hydrogen-bond donors (Lipinski definition) is 1. The smallest absolute Gasteiger partial charge is 0.277 e. The number of benzene rings is 2. The third-order valence-corrected chi connectivity index (χ3v) is 4.82. The molecule has 0 fully saturated rings. The maximum atomic E-state index is 12.3. The highest BCUT2D eigenvalue weighted by atomic mass is 32.2. The van der Waals surface area contributed by atoms with Crippen LogP contribution >= 0.6 is 11.8 Å². The normalized spacial score (nSPS) is 10.7. The number of carbonyl (C=O) groups is 1. The standard InChI is InChI=1S/C20H21N3O2S/c1-4-15-9-6-8-14(3)18(15)21-17(24)12-26-20-23-22-19(25-20)16-10-5-7-13(2)11-16/h5-11H,4,12H2,1-3H3,(H,21,24). The van der Waals surface area contributed by atoms with Crippen LogP contribution in [0.1, 0.15) is 23.6 Å². The fraction of sp³-hybridized carbons (Fsp3) is 0.250. The maximum Gasteiger partial charge on any atom is 0.277 e. The molecule has 3 rings (SSSR count). The van der Waals surface area contributed by atoms with Gasteiger partial charge in [-0.05, 0) is 43.5 Å². The van der Waals surface area contributed by atoms with E-state index in [1.807, 2.05) is 56.3 Å². The van der Waals surface area contributed by atoms with Gasteiger partial charge < -0.3 is 9.73 Å². The van der Waals surface area contributed by atoms with E-state index in [0.29, 0.717) is 11.1 Å². The van der Waals surface area contributed by atoms with E-state index in [1.54, 1.807) is 0 Å². The van der Waals surface area contributed by atoms with E-state index >= 15 is 0 Å². The molecule has 0 bridgehead atoms. The third kappa shape index (κ3) is 4.32. The second kappa shape index (κ2) is 8.19. The first-order chi connectivity index (χ1) is 12.6. The lowest BCUT2D eigenvalue weighted by Crippen LogP contribution is -2.16. The summed E-state index contributed by atoms with van der Waals surface area (Å²) in [5, 5.41) is 11.5. The number of amides is 1. The maximum absolute atomic E-state index is 12.3. The van der Waals surface area contributed by atoms with Crippen molar-refractivity contribution < 1.29 is 9.21 Å².